The van der Waals surface area contributed by atoms with E-state index in [2.05, 4.69) is 27.3 Å². The molecule has 3 aromatic rings. The number of amides is 1. The van der Waals surface area contributed by atoms with E-state index in [0.717, 1.165) is 18.0 Å². The van der Waals surface area contributed by atoms with Crippen LogP contribution in [0.5, 0.6) is 5.75 Å². The molecule has 27 heavy (non-hydrogen) atoms. The van der Waals surface area contributed by atoms with Crippen LogP contribution in [0.4, 0.5) is 11.4 Å². The van der Waals surface area contributed by atoms with Gasteiger partial charge in [0, 0.05) is 25.5 Å². The van der Waals surface area contributed by atoms with Gasteiger partial charge in [-0.05, 0) is 42.8 Å². The van der Waals surface area contributed by atoms with Crippen molar-refractivity contribution in [3.05, 3.63) is 84.2 Å². The molecular formula is C22H23N3O2. The Hall–Kier alpha value is -3.34. The zero-order chi connectivity index (χ0) is 19.1. The molecule has 138 valence electrons. The molecule has 0 saturated heterocycles. The molecule has 0 aliphatic carbocycles. The molecule has 0 bridgehead atoms. The number of ether oxygens (including phenoxy) is 1. The van der Waals surface area contributed by atoms with Crippen molar-refractivity contribution in [3.8, 4) is 5.75 Å². The van der Waals surface area contributed by atoms with Crippen molar-refractivity contribution >= 4 is 17.3 Å². The maximum Gasteiger partial charge on any atom is 0.257 e. The van der Waals surface area contributed by atoms with Crippen molar-refractivity contribution in [2.75, 3.05) is 23.9 Å². The molecule has 5 nitrogen and oxygen atoms in total. The normalized spacial score (nSPS) is 10.3. The van der Waals surface area contributed by atoms with E-state index in [0.29, 0.717) is 17.9 Å². The maximum atomic E-state index is 12.6. The molecule has 0 unspecified atom stereocenters. The average Bonchev–Trinajstić information content (AvgIpc) is 2.70. The number of pyridine rings is 1. The Balaban J connectivity index is 1.67. The van der Waals surface area contributed by atoms with Gasteiger partial charge in [-0.15, -0.1) is 0 Å². The van der Waals surface area contributed by atoms with Gasteiger partial charge in [-0.3, -0.25) is 9.78 Å². The van der Waals surface area contributed by atoms with E-state index in [1.54, 1.807) is 12.4 Å². The summed E-state index contributed by atoms with van der Waals surface area (Å²) in [6.45, 7) is 3.29. The second-order valence-electron chi connectivity index (χ2n) is 6.18. The monoisotopic (exact) mass is 361 g/mol. The van der Waals surface area contributed by atoms with Gasteiger partial charge in [0.25, 0.3) is 5.91 Å². The highest BCUT2D eigenvalue weighted by atomic mass is 16.5. The van der Waals surface area contributed by atoms with Gasteiger partial charge in [0.05, 0.1) is 24.1 Å². The molecule has 0 fully saturated rings. The van der Waals surface area contributed by atoms with Crippen molar-refractivity contribution in [2.45, 2.75) is 13.5 Å². The molecule has 1 heterocycles. The number of hydrogen-bond acceptors (Lipinski definition) is 4. The molecule has 1 amide bonds. The molecule has 0 saturated carbocycles. The lowest BCUT2D eigenvalue weighted by Crippen LogP contribution is -2.18. The third kappa shape index (κ3) is 5.07. The van der Waals surface area contributed by atoms with Crippen molar-refractivity contribution in [1.82, 2.24) is 4.98 Å². The minimum Gasteiger partial charge on any atom is -0.494 e. The third-order valence-electron chi connectivity index (χ3n) is 4.11. The Labute approximate surface area is 159 Å². The SMILES string of the molecule is CCOc1ccc(NC(=O)c2cncc(N(C)Cc3ccccc3)c2)cc1. The molecule has 1 aromatic heterocycles. The van der Waals surface area contributed by atoms with Crippen LogP contribution < -0.4 is 15.0 Å². The summed E-state index contributed by atoms with van der Waals surface area (Å²) in [6.07, 6.45) is 3.33. The predicted octanol–water partition coefficient (Wildman–Crippen LogP) is 4.37. The van der Waals surface area contributed by atoms with Crippen LogP contribution in [0.25, 0.3) is 0 Å². The lowest BCUT2D eigenvalue weighted by Gasteiger charge is -2.19. The Kier molecular flexibility index (Phi) is 6.05. The second-order valence-corrected chi connectivity index (χ2v) is 6.18. The van der Waals surface area contributed by atoms with E-state index in [9.17, 15) is 4.79 Å². The minimum absolute atomic E-state index is 0.193. The van der Waals surface area contributed by atoms with E-state index >= 15 is 0 Å². The van der Waals surface area contributed by atoms with Gasteiger partial charge in [-0.2, -0.15) is 0 Å². The van der Waals surface area contributed by atoms with Crippen LogP contribution in [-0.4, -0.2) is 24.5 Å². The predicted molar refractivity (Wildman–Crippen MR) is 108 cm³/mol. The molecule has 3 rings (SSSR count). The highest BCUT2D eigenvalue weighted by molar-refractivity contribution is 6.04. The van der Waals surface area contributed by atoms with Crippen LogP contribution in [-0.2, 0) is 6.54 Å². The third-order valence-corrected chi connectivity index (χ3v) is 4.11. The number of nitrogens with one attached hydrogen (secondary N) is 1. The summed E-state index contributed by atoms with van der Waals surface area (Å²) in [5, 5.41) is 2.89. The van der Waals surface area contributed by atoms with Crippen LogP contribution in [0.2, 0.25) is 0 Å². The summed E-state index contributed by atoms with van der Waals surface area (Å²) >= 11 is 0. The fourth-order valence-electron chi connectivity index (χ4n) is 2.71. The Morgan fingerprint density at radius 3 is 2.52 bits per heavy atom. The fraction of sp³-hybridized carbons (Fsp3) is 0.182. The van der Waals surface area contributed by atoms with E-state index in [1.165, 1.54) is 5.56 Å². The Morgan fingerprint density at radius 2 is 1.81 bits per heavy atom. The van der Waals surface area contributed by atoms with E-state index in [4.69, 9.17) is 4.74 Å². The summed E-state index contributed by atoms with van der Waals surface area (Å²) in [4.78, 5) is 18.8. The first-order chi connectivity index (χ1) is 13.2. The molecule has 0 atom stereocenters. The maximum absolute atomic E-state index is 12.6. The van der Waals surface area contributed by atoms with Gasteiger partial charge in [-0.1, -0.05) is 30.3 Å². The van der Waals surface area contributed by atoms with E-state index in [-0.39, 0.29) is 5.91 Å². The minimum atomic E-state index is -0.193. The molecule has 5 heteroatoms. The number of rotatable bonds is 7. The number of nitrogens with zero attached hydrogens (tertiary/aromatic N) is 2. The molecule has 0 aliphatic heterocycles. The first-order valence-corrected chi connectivity index (χ1v) is 8.90. The zero-order valence-corrected chi connectivity index (χ0v) is 15.6. The van der Waals surface area contributed by atoms with Gasteiger partial charge in [0.1, 0.15) is 5.75 Å². The van der Waals surface area contributed by atoms with Crippen molar-refractivity contribution in [3.63, 3.8) is 0 Å². The number of carbonyl (C=O) groups excluding carboxylic acids is 1. The quantitative estimate of drug-likeness (QED) is 0.679. The van der Waals surface area contributed by atoms with Crippen molar-refractivity contribution < 1.29 is 9.53 Å². The molecular weight excluding hydrogens is 338 g/mol. The largest absolute Gasteiger partial charge is 0.494 e. The molecule has 1 N–H and O–H groups in total. The van der Waals surface area contributed by atoms with Crippen molar-refractivity contribution in [2.24, 2.45) is 0 Å². The zero-order valence-electron chi connectivity index (χ0n) is 15.6. The van der Waals surface area contributed by atoms with Gasteiger partial charge < -0.3 is 15.0 Å². The van der Waals surface area contributed by atoms with Gasteiger partial charge in [0.2, 0.25) is 0 Å². The topological polar surface area (TPSA) is 54.5 Å². The van der Waals surface area contributed by atoms with Gasteiger partial charge >= 0.3 is 0 Å². The van der Waals surface area contributed by atoms with E-state index in [1.807, 2.05) is 62.5 Å². The van der Waals surface area contributed by atoms with Crippen LogP contribution in [0.1, 0.15) is 22.8 Å². The number of carbonyl (C=O) groups is 1. The van der Waals surface area contributed by atoms with Crippen LogP contribution in [0.3, 0.4) is 0 Å². The first-order valence-electron chi connectivity index (χ1n) is 8.90. The van der Waals surface area contributed by atoms with Crippen LogP contribution in [0.15, 0.2) is 73.1 Å². The lowest BCUT2D eigenvalue weighted by atomic mass is 10.2. The lowest BCUT2D eigenvalue weighted by molar-refractivity contribution is 0.102. The second kappa shape index (κ2) is 8.85. The van der Waals surface area contributed by atoms with Gasteiger partial charge in [0.15, 0.2) is 0 Å². The van der Waals surface area contributed by atoms with Crippen LogP contribution >= 0.6 is 0 Å². The number of benzene rings is 2. The highest BCUT2D eigenvalue weighted by Gasteiger charge is 2.10. The summed E-state index contributed by atoms with van der Waals surface area (Å²) in [6, 6.07) is 19.3. The smallest absolute Gasteiger partial charge is 0.257 e. The van der Waals surface area contributed by atoms with Crippen molar-refractivity contribution in [1.29, 1.82) is 0 Å². The first kappa shape index (κ1) is 18.5. The molecule has 0 spiro atoms. The number of aromatic nitrogens is 1. The molecule has 2 aromatic carbocycles. The molecule has 0 aliphatic rings. The Bertz CT molecular complexity index is 880. The number of hydrogen-bond donors (Lipinski definition) is 1. The number of anilines is 2. The molecule has 0 radical (unpaired) electrons. The summed E-state index contributed by atoms with van der Waals surface area (Å²) < 4.78 is 5.41. The Morgan fingerprint density at radius 1 is 1.07 bits per heavy atom. The highest BCUT2D eigenvalue weighted by Crippen LogP contribution is 2.19. The standard InChI is InChI=1S/C22H23N3O2/c1-3-27-21-11-9-19(10-12-21)24-22(26)18-13-20(15-23-14-18)25(2)16-17-7-5-4-6-8-17/h4-15H,3,16H2,1-2H3,(H,24,26). The van der Waals surface area contributed by atoms with E-state index < -0.39 is 0 Å². The fourth-order valence-corrected chi connectivity index (χ4v) is 2.71. The average molecular weight is 361 g/mol. The summed E-state index contributed by atoms with van der Waals surface area (Å²) in [5.74, 6) is 0.586. The van der Waals surface area contributed by atoms with Gasteiger partial charge in [-0.25, -0.2) is 0 Å². The van der Waals surface area contributed by atoms with Crippen LogP contribution in [0, 0.1) is 0 Å². The summed E-state index contributed by atoms with van der Waals surface area (Å²) in [7, 11) is 1.98. The summed E-state index contributed by atoms with van der Waals surface area (Å²) in [5.41, 5.74) is 3.32.